The second-order valence-electron chi connectivity index (χ2n) is 2.37. The number of benzene rings is 1. The van der Waals surface area contributed by atoms with Crippen LogP contribution in [-0.2, 0) is 0 Å². The van der Waals surface area contributed by atoms with Gasteiger partial charge < -0.3 is 10.2 Å². The number of aliphatic hydroxyl groups is 1. The Labute approximate surface area is 77.8 Å². The average Bonchev–Trinajstić information content (AvgIpc) is 2.08. The van der Waals surface area contributed by atoms with Gasteiger partial charge in [-0.25, -0.2) is 4.39 Å². The van der Waals surface area contributed by atoms with Crippen LogP contribution in [-0.4, -0.2) is 15.5 Å². The van der Waals surface area contributed by atoms with E-state index in [1.807, 2.05) is 0 Å². The molecule has 12 heavy (non-hydrogen) atoms. The van der Waals surface area contributed by atoms with Crippen molar-refractivity contribution in [1.82, 2.24) is 0 Å². The summed E-state index contributed by atoms with van der Waals surface area (Å²) < 4.78 is 12.6. The summed E-state index contributed by atoms with van der Waals surface area (Å²) in [5.41, 5.74) is 0.201. The summed E-state index contributed by atoms with van der Waals surface area (Å²) in [5, 5.41) is 18.7. The van der Waals surface area contributed by atoms with E-state index in [1.54, 1.807) is 0 Å². The van der Waals surface area contributed by atoms with E-state index in [1.165, 1.54) is 6.07 Å². The van der Waals surface area contributed by atoms with E-state index in [4.69, 9.17) is 0 Å². The van der Waals surface area contributed by atoms with Crippen LogP contribution < -0.4 is 0 Å². The molecule has 0 bridgehead atoms. The SMILES string of the molecule is Oc1ccc(F)cc1C(O)CBr. The van der Waals surface area contributed by atoms with Crippen molar-refractivity contribution in [2.75, 3.05) is 5.33 Å². The lowest BCUT2D eigenvalue weighted by Crippen LogP contribution is -1.99. The fourth-order valence-electron chi connectivity index (χ4n) is 0.875. The van der Waals surface area contributed by atoms with Crippen LogP contribution in [0.3, 0.4) is 0 Å². The Kier molecular flexibility index (Phi) is 3.05. The van der Waals surface area contributed by atoms with Gasteiger partial charge in [0.05, 0.1) is 6.10 Å². The van der Waals surface area contributed by atoms with E-state index >= 15 is 0 Å². The van der Waals surface area contributed by atoms with E-state index in [2.05, 4.69) is 15.9 Å². The zero-order valence-electron chi connectivity index (χ0n) is 6.17. The third-order valence-electron chi connectivity index (χ3n) is 1.49. The van der Waals surface area contributed by atoms with Gasteiger partial charge in [-0.05, 0) is 18.2 Å². The largest absolute Gasteiger partial charge is 0.508 e. The van der Waals surface area contributed by atoms with Crippen molar-refractivity contribution in [3.8, 4) is 5.75 Å². The van der Waals surface area contributed by atoms with Crippen molar-refractivity contribution in [2.24, 2.45) is 0 Å². The molecule has 0 aliphatic carbocycles. The molecule has 0 amide bonds. The number of phenols is 1. The first kappa shape index (κ1) is 9.48. The fourth-order valence-corrected chi connectivity index (χ4v) is 1.22. The first-order valence-corrected chi connectivity index (χ1v) is 4.49. The number of hydrogen-bond donors (Lipinski definition) is 2. The molecule has 66 valence electrons. The normalized spacial score (nSPS) is 12.9. The molecule has 0 heterocycles. The molecule has 0 aliphatic heterocycles. The van der Waals surface area contributed by atoms with Gasteiger partial charge in [0.2, 0.25) is 0 Å². The Morgan fingerprint density at radius 1 is 1.50 bits per heavy atom. The number of aliphatic hydroxyl groups excluding tert-OH is 1. The lowest BCUT2D eigenvalue weighted by Gasteiger charge is -2.08. The lowest BCUT2D eigenvalue weighted by atomic mass is 10.1. The highest BCUT2D eigenvalue weighted by Crippen LogP contribution is 2.25. The first-order valence-electron chi connectivity index (χ1n) is 3.37. The summed E-state index contributed by atoms with van der Waals surface area (Å²) >= 11 is 3.03. The van der Waals surface area contributed by atoms with Gasteiger partial charge in [-0.2, -0.15) is 0 Å². The van der Waals surface area contributed by atoms with E-state index in [0.29, 0.717) is 0 Å². The summed E-state index contributed by atoms with van der Waals surface area (Å²) in [6.45, 7) is 0. The predicted octanol–water partition coefficient (Wildman–Crippen LogP) is 1.96. The molecule has 0 spiro atoms. The van der Waals surface area contributed by atoms with Crippen LogP contribution in [0.2, 0.25) is 0 Å². The minimum atomic E-state index is -0.874. The fraction of sp³-hybridized carbons (Fsp3) is 0.250. The highest BCUT2D eigenvalue weighted by molar-refractivity contribution is 9.09. The number of aromatic hydroxyl groups is 1. The summed E-state index contributed by atoms with van der Waals surface area (Å²) in [6, 6.07) is 3.47. The second kappa shape index (κ2) is 3.87. The quantitative estimate of drug-likeness (QED) is 0.769. The minimum Gasteiger partial charge on any atom is -0.508 e. The highest BCUT2D eigenvalue weighted by Gasteiger charge is 2.11. The summed E-state index contributed by atoms with van der Waals surface area (Å²) in [5.74, 6) is -0.564. The smallest absolute Gasteiger partial charge is 0.123 e. The number of hydrogen-bond acceptors (Lipinski definition) is 2. The van der Waals surface area contributed by atoms with Crippen LogP contribution in [0.1, 0.15) is 11.7 Å². The predicted molar refractivity (Wildman–Crippen MR) is 46.8 cm³/mol. The second-order valence-corrected chi connectivity index (χ2v) is 3.02. The molecule has 4 heteroatoms. The van der Waals surface area contributed by atoms with E-state index in [-0.39, 0.29) is 16.6 Å². The van der Waals surface area contributed by atoms with Gasteiger partial charge in [0.15, 0.2) is 0 Å². The molecule has 1 atom stereocenters. The van der Waals surface area contributed by atoms with Crippen molar-refractivity contribution in [2.45, 2.75) is 6.10 Å². The van der Waals surface area contributed by atoms with Gasteiger partial charge in [-0.1, -0.05) is 15.9 Å². The average molecular weight is 235 g/mol. The molecule has 0 saturated carbocycles. The number of alkyl halides is 1. The van der Waals surface area contributed by atoms with Crippen molar-refractivity contribution in [3.63, 3.8) is 0 Å². The van der Waals surface area contributed by atoms with E-state index in [9.17, 15) is 14.6 Å². The van der Waals surface area contributed by atoms with Crippen molar-refractivity contribution in [3.05, 3.63) is 29.6 Å². The van der Waals surface area contributed by atoms with Gasteiger partial charge in [-0.3, -0.25) is 0 Å². The number of phenolic OH excluding ortho intramolecular Hbond substituents is 1. The molecule has 1 aromatic rings. The highest BCUT2D eigenvalue weighted by atomic mass is 79.9. The Morgan fingerprint density at radius 3 is 2.75 bits per heavy atom. The molecule has 1 aromatic carbocycles. The topological polar surface area (TPSA) is 40.5 Å². The Bertz CT molecular complexity index is 278. The zero-order valence-corrected chi connectivity index (χ0v) is 7.75. The van der Waals surface area contributed by atoms with Crippen molar-refractivity contribution in [1.29, 1.82) is 0 Å². The van der Waals surface area contributed by atoms with Crippen molar-refractivity contribution >= 4 is 15.9 Å². The van der Waals surface area contributed by atoms with Crippen LogP contribution in [0.5, 0.6) is 5.75 Å². The van der Waals surface area contributed by atoms with Crippen LogP contribution in [0.25, 0.3) is 0 Å². The maximum atomic E-state index is 12.6. The Balaban J connectivity index is 3.04. The van der Waals surface area contributed by atoms with Crippen LogP contribution >= 0.6 is 15.9 Å². The van der Waals surface area contributed by atoms with Crippen LogP contribution in [0.15, 0.2) is 18.2 Å². The van der Waals surface area contributed by atoms with Gasteiger partial charge >= 0.3 is 0 Å². The summed E-state index contributed by atoms with van der Waals surface area (Å²) in [6.07, 6.45) is -0.874. The van der Waals surface area contributed by atoms with Gasteiger partial charge in [0.1, 0.15) is 11.6 Å². The Hall–Kier alpha value is -0.610. The standard InChI is InChI=1S/C8H8BrFO2/c9-4-8(12)6-3-5(10)1-2-7(6)11/h1-3,8,11-12H,4H2. The van der Waals surface area contributed by atoms with Crippen LogP contribution in [0.4, 0.5) is 4.39 Å². The Morgan fingerprint density at radius 2 is 2.17 bits per heavy atom. The first-order chi connectivity index (χ1) is 5.65. The third-order valence-corrected chi connectivity index (χ3v) is 2.11. The van der Waals surface area contributed by atoms with Crippen LogP contribution in [0, 0.1) is 5.82 Å². The molecule has 0 fully saturated rings. The van der Waals surface area contributed by atoms with Gasteiger partial charge in [-0.15, -0.1) is 0 Å². The monoisotopic (exact) mass is 234 g/mol. The maximum absolute atomic E-state index is 12.6. The molecule has 2 N–H and O–H groups in total. The molecule has 1 rings (SSSR count). The minimum absolute atomic E-state index is 0.0941. The summed E-state index contributed by atoms with van der Waals surface area (Å²) in [7, 11) is 0. The van der Waals surface area contributed by atoms with Gasteiger partial charge in [0.25, 0.3) is 0 Å². The lowest BCUT2D eigenvalue weighted by molar-refractivity contribution is 0.200. The molecule has 0 saturated heterocycles. The molecular weight excluding hydrogens is 227 g/mol. The van der Waals surface area contributed by atoms with E-state index < -0.39 is 11.9 Å². The maximum Gasteiger partial charge on any atom is 0.123 e. The van der Waals surface area contributed by atoms with Gasteiger partial charge in [0, 0.05) is 10.9 Å². The molecule has 0 radical (unpaired) electrons. The third kappa shape index (κ3) is 1.95. The molecular formula is C8H8BrFO2. The number of rotatable bonds is 2. The zero-order chi connectivity index (χ0) is 9.14. The molecule has 1 unspecified atom stereocenters. The van der Waals surface area contributed by atoms with Crippen molar-refractivity contribution < 1.29 is 14.6 Å². The number of halogens is 2. The molecule has 0 aromatic heterocycles. The molecule has 2 nitrogen and oxygen atoms in total. The molecule has 0 aliphatic rings. The summed E-state index contributed by atoms with van der Waals surface area (Å²) in [4.78, 5) is 0. The van der Waals surface area contributed by atoms with E-state index in [0.717, 1.165) is 12.1 Å².